The number of ether oxygens (including phenoxy) is 1. The van der Waals surface area contributed by atoms with E-state index in [4.69, 9.17) is 15.5 Å². The van der Waals surface area contributed by atoms with Crippen LogP contribution in [0.1, 0.15) is 37.3 Å². The quantitative estimate of drug-likeness (QED) is 0.741. The summed E-state index contributed by atoms with van der Waals surface area (Å²) in [6, 6.07) is 10.8. The van der Waals surface area contributed by atoms with Crippen LogP contribution in [0.5, 0.6) is 11.6 Å². The number of anilines is 1. The summed E-state index contributed by atoms with van der Waals surface area (Å²) < 4.78 is 6.36. The number of hydrogen-bond donors (Lipinski definition) is 2. The molecule has 6 heteroatoms. The van der Waals surface area contributed by atoms with Crippen LogP contribution in [-0.2, 0) is 6.42 Å². The van der Waals surface area contributed by atoms with Crippen molar-refractivity contribution in [1.29, 1.82) is 0 Å². The minimum atomic E-state index is 0.339. The maximum Gasteiger partial charge on any atom is 0.219 e. The number of pyridine rings is 1. The molecule has 0 radical (unpaired) electrons. The van der Waals surface area contributed by atoms with Crippen molar-refractivity contribution < 1.29 is 4.74 Å². The van der Waals surface area contributed by atoms with E-state index in [2.05, 4.69) is 41.3 Å². The van der Waals surface area contributed by atoms with Gasteiger partial charge in [-0.05, 0) is 63.9 Å². The van der Waals surface area contributed by atoms with Gasteiger partial charge >= 0.3 is 0 Å². The van der Waals surface area contributed by atoms with E-state index in [0.717, 1.165) is 55.7 Å². The molecule has 2 aliphatic heterocycles. The van der Waals surface area contributed by atoms with Gasteiger partial charge < -0.3 is 20.7 Å². The highest BCUT2D eigenvalue weighted by Gasteiger charge is 2.26. The van der Waals surface area contributed by atoms with Crippen LogP contribution < -0.4 is 20.7 Å². The smallest absolute Gasteiger partial charge is 0.219 e. The van der Waals surface area contributed by atoms with Crippen LogP contribution in [0.25, 0.3) is 5.57 Å². The fourth-order valence-corrected chi connectivity index (χ4v) is 4.17. The third kappa shape index (κ3) is 4.33. The normalized spacial score (nSPS) is 20.4. The minimum absolute atomic E-state index is 0.339. The molecule has 3 N–H and O–H groups in total. The van der Waals surface area contributed by atoms with Crippen LogP contribution in [0.2, 0.25) is 0 Å². The van der Waals surface area contributed by atoms with Gasteiger partial charge in [0.25, 0.3) is 0 Å². The molecule has 2 aliphatic rings. The Balaban J connectivity index is 1.73. The highest BCUT2D eigenvalue weighted by molar-refractivity contribution is 6.11. The lowest BCUT2D eigenvalue weighted by Gasteiger charge is -2.35. The maximum absolute atomic E-state index is 6.36. The number of hydrogen-bond acceptors (Lipinski definition) is 6. The summed E-state index contributed by atoms with van der Waals surface area (Å²) in [5.41, 5.74) is 10.3. The maximum atomic E-state index is 6.36. The molecule has 6 nitrogen and oxygen atoms in total. The van der Waals surface area contributed by atoms with Gasteiger partial charge in [-0.2, -0.15) is 0 Å². The number of benzene rings is 1. The van der Waals surface area contributed by atoms with E-state index in [9.17, 15) is 0 Å². The molecular formula is C24H31N5O. The highest BCUT2D eigenvalue weighted by Crippen LogP contribution is 2.42. The minimum Gasteiger partial charge on any atom is -0.438 e. The van der Waals surface area contributed by atoms with Gasteiger partial charge in [-0.15, -0.1) is 0 Å². The molecule has 0 bridgehead atoms. The zero-order valence-corrected chi connectivity index (χ0v) is 17.8. The van der Waals surface area contributed by atoms with E-state index in [1.807, 2.05) is 24.4 Å². The van der Waals surface area contributed by atoms with E-state index < -0.39 is 0 Å². The number of nitrogens with one attached hydrogen (secondary N) is 1. The van der Waals surface area contributed by atoms with E-state index in [1.165, 1.54) is 11.3 Å². The third-order valence-corrected chi connectivity index (χ3v) is 6.16. The standard InChI is InChI=1S/C24H31N5O/c1-17-6-7-21-22(29(17)2)9-8-20(24(21)30-23-5-3-4-12-27-23)18(15-25)16-28-19-10-13-26-14-11-19/h3-5,8-9,12,15-17,19,26H,6-7,10-11,13-14,25H2,1-2H3. The highest BCUT2D eigenvalue weighted by atomic mass is 16.5. The van der Waals surface area contributed by atoms with Crippen molar-refractivity contribution >= 4 is 17.5 Å². The lowest BCUT2D eigenvalue weighted by Crippen LogP contribution is -2.33. The molecular weight excluding hydrogens is 374 g/mol. The Hall–Kier alpha value is -2.86. The number of aliphatic imine (C=N–C) groups is 1. The van der Waals surface area contributed by atoms with Gasteiger partial charge in [-0.1, -0.05) is 6.07 Å². The van der Waals surface area contributed by atoms with Gasteiger partial charge in [-0.3, -0.25) is 4.99 Å². The first kappa shape index (κ1) is 20.4. The topological polar surface area (TPSA) is 75.8 Å². The summed E-state index contributed by atoms with van der Waals surface area (Å²) >= 11 is 0. The molecule has 1 aromatic heterocycles. The number of piperidine rings is 1. The largest absolute Gasteiger partial charge is 0.438 e. The predicted molar refractivity (Wildman–Crippen MR) is 123 cm³/mol. The first-order valence-electron chi connectivity index (χ1n) is 10.8. The number of nitrogens with two attached hydrogens (primary N) is 1. The molecule has 158 valence electrons. The number of nitrogens with zero attached hydrogens (tertiary/aromatic N) is 3. The van der Waals surface area contributed by atoms with Crippen molar-refractivity contribution in [3.8, 4) is 11.6 Å². The molecule has 3 heterocycles. The molecule has 4 rings (SSSR count). The Labute approximate surface area is 178 Å². The Morgan fingerprint density at radius 1 is 1.23 bits per heavy atom. The van der Waals surface area contributed by atoms with Crippen LogP contribution in [0.3, 0.4) is 0 Å². The fraction of sp³-hybridized carbons (Fsp3) is 0.417. The van der Waals surface area contributed by atoms with Crippen molar-refractivity contribution in [2.75, 3.05) is 25.0 Å². The van der Waals surface area contributed by atoms with Crippen LogP contribution >= 0.6 is 0 Å². The zero-order valence-electron chi connectivity index (χ0n) is 17.8. The fourth-order valence-electron chi connectivity index (χ4n) is 4.17. The number of aromatic nitrogens is 1. The van der Waals surface area contributed by atoms with Crippen LogP contribution in [0, 0.1) is 0 Å². The van der Waals surface area contributed by atoms with Crippen LogP contribution in [0.15, 0.2) is 47.7 Å². The second-order valence-corrected chi connectivity index (χ2v) is 8.09. The molecule has 1 fully saturated rings. The average molecular weight is 406 g/mol. The van der Waals surface area contributed by atoms with Gasteiger partial charge in [0.05, 0.1) is 6.04 Å². The Morgan fingerprint density at radius 3 is 2.80 bits per heavy atom. The average Bonchev–Trinajstić information content (AvgIpc) is 2.79. The third-order valence-electron chi connectivity index (χ3n) is 6.16. The summed E-state index contributed by atoms with van der Waals surface area (Å²) in [4.78, 5) is 11.5. The lowest BCUT2D eigenvalue weighted by atomic mass is 9.92. The van der Waals surface area contributed by atoms with Gasteiger partial charge in [0.1, 0.15) is 5.75 Å². The molecule has 1 saturated heterocycles. The first-order valence-corrected chi connectivity index (χ1v) is 10.8. The molecule has 1 atom stereocenters. The molecule has 0 aliphatic carbocycles. The summed E-state index contributed by atoms with van der Waals surface area (Å²) in [5.74, 6) is 1.42. The van der Waals surface area contributed by atoms with Crippen molar-refractivity contribution in [3.63, 3.8) is 0 Å². The lowest BCUT2D eigenvalue weighted by molar-refractivity contribution is 0.450. The van der Waals surface area contributed by atoms with Crippen molar-refractivity contribution in [3.05, 3.63) is 53.9 Å². The molecule has 0 spiro atoms. The van der Waals surface area contributed by atoms with Crippen molar-refractivity contribution in [2.24, 2.45) is 10.7 Å². The van der Waals surface area contributed by atoms with E-state index in [0.29, 0.717) is 18.0 Å². The van der Waals surface area contributed by atoms with Crippen molar-refractivity contribution in [1.82, 2.24) is 10.3 Å². The van der Waals surface area contributed by atoms with E-state index in [1.54, 1.807) is 12.4 Å². The van der Waals surface area contributed by atoms with Gasteiger partial charge in [-0.25, -0.2) is 4.98 Å². The molecule has 1 aromatic carbocycles. The second-order valence-electron chi connectivity index (χ2n) is 8.09. The Bertz CT molecular complexity index is 919. The Morgan fingerprint density at radius 2 is 2.07 bits per heavy atom. The first-order chi connectivity index (χ1) is 14.7. The molecule has 0 amide bonds. The van der Waals surface area contributed by atoms with Crippen LogP contribution in [0.4, 0.5) is 5.69 Å². The monoisotopic (exact) mass is 405 g/mol. The summed E-state index contributed by atoms with van der Waals surface area (Å²) in [6.07, 6.45) is 9.44. The molecule has 1 unspecified atom stereocenters. The Kier molecular flexibility index (Phi) is 6.33. The second kappa shape index (κ2) is 9.30. The summed E-state index contributed by atoms with van der Waals surface area (Å²) in [6.45, 7) is 4.29. The van der Waals surface area contributed by atoms with Gasteiger partial charge in [0, 0.05) is 60.2 Å². The number of allylic oxidation sites excluding steroid dienone is 1. The summed E-state index contributed by atoms with van der Waals surface area (Å²) in [7, 11) is 2.14. The zero-order chi connectivity index (χ0) is 20.9. The predicted octanol–water partition coefficient (Wildman–Crippen LogP) is 3.77. The van der Waals surface area contributed by atoms with Crippen LogP contribution in [-0.4, -0.2) is 43.4 Å². The van der Waals surface area contributed by atoms with E-state index in [-0.39, 0.29) is 0 Å². The molecule has 0 saturated carbocycles. The van der Waals surface area contributed by atoms with E-state index >= 15 is 0 Å². The molecule has 2 aromatic rings. The summed E-state index contributed by atoms with van der Waals surface area (Å²) in [5, 5.41) is 3.38. The van der Waals surface area contributed by atoms with Gasteiger partial charge in [0.2, 0.25) is 5.88 Å². The number of fused-ring (bicyclic) bond motifs is 1. The SMILES string of the molecule is CC1CCc2c(ccc(C(C=NC3CCNCC3)=CN)c2Oc2ccccn2)N1C. The molecule has 30 heavy (non-hydrogen) atoms. The van der Waals surface area contributed by atoms with Crippen molar-refractivity contribution in [2.45, 2.75) is 44.7 Å². The number of rotatable bonds is 5. The van der Waals surface area contributed by atoms with Gasteiger partial charge in [0.15, 0.2) is 0 Å².